The number of amides is 1. The number of terminal acetylenes is 1. The van der Waals surface area contributed by atoms with Gasteiger partial charge in [-0.3, -0.25) is 0 Å². The molecule has 0 bridgehead atoms. The van der Waals surface area contributed by atoms with Gasteiger partial charge in [0.2, 0.25) is 0 Å². The lowest BCUT2D eigenvalue weighted by Crippen LogP contribution is -2.16. The predicted molar refractivity (Wildman–Crippen MR) is 67.3 cm³/mol. The van der Waals surface area contributed by atoms with Crippen molar-refractivity contribution in [3.8, 4) is 18.1 Å². The molecule has 78 valence electrons. The molecule has 0 aliphatic rings. The monoisotopic (exact) mass is 335 g/mol. The summed E-state index contributed by atoms with van der Waals surface area (Å²) in [7, 11) is 0. The fraction of sp³-hybridized carbons (Fsp3) is 0.100. The molecule has 0 radical (unpaired) electrons. The summed E-state index contributed by atoms with van der Waals surface area (Å²) in [5.74, 6) is 2.75. The SMILES string of the molecule is C#CC(I)c1cccc(OC(N)=O)c1Cl. The van der Waals surface area contributed by atoms with Gasteiger partial charge >= 0.3 is 6.09 Å². The first-order chi connectivity index (χ1) is 7.06. The van der Waals surface area contributed by atoms with E-state index in [2.05, 4.69) is 28.5 Å². The normalized spacial score (nSPS) is 11.5. The van der Waals surface area contributed by atoms with E-state index in [1.165, 1.54) is 0 Å². The molecule has 1 unspecified atom stereocenters. The Morgan fingerprint density at radius 2 is 2.33 bits per heavy atom. The minimum Gasteiger partial charge on any atom is -0.409 e. The van der Waals surface area contributed by atoms with E-state index in [0.717, 1.165) is 5.56 Å². The van der Waals surface area contributed by atoms with Crippen molar-refractivity contribution in [3.05, 3.63) is 28.8 Å². The number of carbonyl (C=O) groups excluding carboxylic acids is 1. The number of halogens is 2. The molecule has 0 spiro atoms. The van der Waals surface area contributed by atoms with Gasteiger partial charge in [-0.1, -0.05) is 52.2 Å². The molecule has 0 heterocycles. The maximum atomic E-state index is 10.6. The summed E-state index contributed by atoms with van der Waals surface area (Å²) in [5, 5.41) is 0.314. The Bertz CT molecular complexity index is 428. The van der Waals surface area contributed by atoms with Crippen LogP contribution < -0.4 is 10.5 Å². The molecule has 3 nitrogen and oxygen atoms in total. The molecule has 1 amide bonds. The van der Waals surface area contributed by atoms with Gasteiger partial charge in [0.05, 0.1) is 8.95 Å². The standard InChI is InChI=1S/C10H7ClINO2/c1-2-7(12)6-4-3-5-8(9(6)11)15-10(13)14/h1,3-5,7H,(H2,13,14). The van der Waals surface area contributed by atoms with Gasteiger partial charge in [-0.2, -0.15) is 0 Å². The number of ether oxygens (including phenoxy) is 1. The molecular weight excluding hydrogens is 328 g/mol. The van der Waals surface area contributed by atoms with Gasteiger partial charge in [-0.15, -0.1) is 6.42 Å². The molecule has 1 rings (SSSR count). The molecule has 15 heavy (non-hydrogen) atoms. The summed E-state index contributed by atoms with van der Waals surface area (Å²) in [6.07, 6.45) is 4.37. The third-order valence-corrected chi connectivity index (χ3v) is 3.06. The molecule has 2 N–H and O–H groups in total. The van der Waals surface area contributed by atoms with E-state index in [1.807, 2.05) is 0 Å². The van der Waals surface area contributed by atoms with Crippen molar-refractivity contribution in [2.75, 3.05) is 0 Å². The molecule has 1 aromatic rings. The molecule has 1 aromatic carbocycles. The van der Waals surface area contributed by atoms with Crippen LogP contribution in [0.3, 0.4) is 0 Å². The number of alkyl halides is 1. The lowest BCUT2D eigenvalue weighted by molar-refractivity contribution is 0.211. The van der Waals surface area contributed by atoms with Gasteiger partial charge in [0.25, 0.3) is 0 Å². The van der Waals surface area contributed by atoms with Gasteiger partial charge in [0.1, 0.15) is 0 Å². The maximum absolute atomic E-state index is 10.6. The van der Waals surface area contributed by atoms with Crippen LogP contribution in [0, 0.1) is 12.3 Å². The molecule has 0 saturated heterocycles. The van der Waals surface area contributed by atoms with Crippen LogP contribution in [0.1, 0.15) is 9.49 Å². The summed E-state index contributed by atoms with van der Waals surface area (Å²) < 4.78 is 4.54. The number of benzene rings is 1. The zero-order valence-electron chi connectivity index (χ0n) is 7.54. The molecule has 0 aliphatic carbocycles. The van der Waals surface area contributed by atoms with Crippen molar-refractivity contribution in [3.63, 3.8) is 0 Å². The van der Waals surface area contributed by atoms with Gasteiger partial charge in [0.15, 0.2) is 5.75 Å². The highest BCUT2D eigenvalue weighted by atomic mass is 127. The predicted octanol–water partition coefficient (Wildman–Crippen LogP) is 2.91. The van der Waals surface area contributed by atoms with E-state index >= 15 is 0 Å². The number of hydrogen-bond acceptors (Lipinski definition) is 2. The molecule has 5 heteroatoms. The largest absolute Gasteiger partial charge is 0.410 e. The summed E-state index contributed by atoms with van der Waals surface area (Å²) in [5.41, 5.74) is 5.61. The highest BCUT2D eigenvalue weighted by Gasteiger charge is 2.13. The van der Waals surface area contributed by atoms with Gasteiger partial charge in [-0.05, 0) is 11.6 Å². The Morgan fingerprint density at radius 1 is 1.67 bits per heavy atom. The maximum Gasteiger partial charge on any atom is 0.410 e. The minimum atomic E-state index is -0.903. The zero-order chi connectivity index (χ0) is 11.4. The van der Waals surface area contributed by atoms with Crippen LogP contribution in [0.15, 0.2) is 18.2 Å². The van der Waals surface area contributed by atoms with Crippen molar-refractivity contribution < 1.29 is 9.53 Å². The Morgan fingerprint density at radius 3 is 2.87 bits per heavy atom. The second kappa shape index (κ2) is 5.24. The molecule has 1 atom stereocenters. The first-order valence-electron chi connectivity index (χ1n) is 3.92. The van der Waals surface area contributed by atoms with Gasteiger partial charge in [0, 0.05) is 0 Å². The third kappa shape index (κ3) is 3.01. The average Bonchev–Trinajstić information content (AvgIpc) is 2.19. The first-order valence-corrected chi connectivity index (χ1v) is 5.54. The first kappa shape index (κ1) is 12.1. The fourth-order valence-electron chi connectivity index (χ4n) is 1.00. The van der Waals surface area contributed by atoms with Crippen LogP contribution >= 0.6 is 34.2 Å². The van der Waals surface area contributed by atoms with Crippen molar-refractivity contribution >= 4 is 40.3 Å². The summed E-state index contributed by atoms with van der Waals surface area (Å²) in [6.45, 7) is 0. The van der Waals surface area contributed by atoms with Crippen molar-refractivity contribution in [1.29, 1.82) is 0 Å². The quantitative estimate of drug-likeness (QED) is 0.513. The highest BCUT2D eigenvalue weighted by Crippen LogP contribution is 2.35. The Labute approximate surface area is 106 Å². The smallest absolute Gasteiger partial charge is 0.409 e. The van der Waals surface area contributed by atoms with E-state index in [4.69, 9.17) is 28.5 Å². The van der Waals surface area contributed by atoms with Crippen LogP contribution in [-0.2, 0) is 0 Å². The van der Waals surface area contributed by atoms with Crippen LogP contribution in [0.5, 0.6) is 5.75 Å². The zero-order valence-corrected chi connectivity index (χ0v) is 10.4. The van der Waals surface area contributed by atoms with Gasteiger partial charge < -0.3 is 10.5 Å². The number of rotatable bonds is 2. The molecule has 0 saturated carbocycles. The molecule has 0 aliphatic heterocycles. The Hall–Kier alpha value is -0.930. The molecular formula is C10H7ClINO2. The van der Waals surface area contributed by atoms with E-state index in [1.54, 1.807) is 18.2 Å². The number of hydrogen-bond donors (Lipinski definition) is 1. The van der Waals surface area contributed by atoms with E-state index in [-0.39, 0.29) is 9.67 Å². The lowest BCUT2D eigenvalue weighted by Gasteiger charge is -2.09. The molecule has 0 aromatic heterocycles. The Balaban J connectivity index is 3.12. The topological polar surface area (TPSA) is 52.3 Å². The van der Waals surface area contributed by atoms with Crippen LogP contribution in [-0.4, -0.2) is 6.09 Å². The summed E-state index contributed by atoms with van der Waals surface area (Å²) >= 11 is 8.05. The van der Waals surface area contributed by atoms with Gasteiger partial charge in [-0.25, -0.2) is 4.79 Å². The fourth-order valence-corrected chi connectivity index (χ4v) is 1.98. The van der Waals surface area contributed by atoms with E-state index < -0.39 is 6.09 Å². The highest BCUT2D eigenvalue weighted by molar-refractivity contribution is 14.1. The van der Waals surface area contributed by atoms with Crippen molar-refractivity contribution in [2.45, 2.75) is 3.92 Å². The Kier molecular flexibility index (Phi) is 4.24. The van der Waals surface area contributed by atoms with Crippen LogP contribution in [0.4, 0.5) is 4.79 Å². The summed E-state index contributed by atoms with van der Waals surface area (Å²) in [6, 6.07) is 5.02. The number of carbonyl (C=O) groups is 1. The number of nitrogens with two attached hydrogens (primary N) is 1. The van der Waals surface area contributed by atoms with Crippen LogP contribution in [0.2, 0.25) is 5.02 Å². The van der Waals surface area contributed by atoms with Crippen LogP contribution in [0.25, 0.3) is 0 Å². The van der Waals surface area contributed by atoms with Crippen molar-refractivity contribution in [2.24, 2.45) is 5.73 Å². The second-order valence-corrected chi connectivity index (χ2v) is 4.23. The average molecular weight is 336 g/mol. The second-order valence-electron chi connectivity index (χ2n) is 2.61. The minimum absolute atomic E-state index is 0.175. The van der Waals surface area contributed by atoms with E-state index in [9.17, 15) is 4.79 Å². The lowest BCUT2D eigenvalue weighted by atomic mass is 10.1. The third-order valence-electron chi connectivity index (χ3n) is 1.62. The van der Waals surface area contributed by atoms with Crippen molar-refractivity contribution in [1.82, 2.24) is 0 Å². The summed E-state index contributed by atoms with van der Waals surface area (Å²) in [4.78, 5) is 10.6. The van der Waals surface area contributed by atoms with E-state index in [0.29, 0.717) is 5.02 Å². The molecule has 0 fully saturated rings. The number of primary amides is 1.